The molecule has 88 valence electrons. The number of benzene rings is 1. The fraction of sp³-hybridized carbons (Fsp3) is 0.417. The standard InChI is InChI=1S/C12H16BrNO2/c1-3-4-16-8-12(15)14-11-6-9(2)5-10(13)7-11/h5-7H,3-4,8H2,1-2H3,(H,14,15). The molecule has 16 heavy (non-hydrogen) atoms. The van der Waals surface area contributed by atoms with Gasteiger partial charge in [-0.25, -0.2) is 0 Å². The zero-order valence-corrected chi connectivity index (χ0v) is 11.1. The number of hydrogen-bond donors (Lipinski definition) is 1. The monoisotopic (exact) mass is 285 g/mol. The third kappa shape index (κ3) is 4.77. The van der Waals surface area contributed by atoms with E-state index in [0.717, 1.165) is 22.1 Å². The van der Waals surface area contributed by atoms with Crippen molar-refractivity contribution in [1.29, 1.82) is 0 Å². The second-order valence-electron chi connectivity index (χ2n) is 3.62. The van der Waals surface area contributed by atoms with Crippen molar-refractivity contribution in [2.75, 3.05) is 18.5 Å². The van der Waals surface area contributed by atoms with Crippen LogP contribution in [0.15, 0.2) is 22.7 Å². The highest BCUT2D eigenvalue weighted by Gasteiger charge is 2.03. The van der Waals surface area contributed by atoms with Crippen LogP contribution < -0.4 is 5.32 Å². The number of rotatable bonds is 5. The van der Waals surface area contributed by atoms with E-state index in [9.17, 15) is 4.79 Å². The molecular formula is C12H16BrNO2. The van der Waals surface area contributed by atoms with E-state index in [-0.39, 0.29) is 12.5 Å². The molecular weight excluding hydrogens is 270 g/mol. The highest BCUT2D eigenvalue weighted by Crippen LogP contribution is 2.18. The van der Waals surface area contributed by atoms with E-state index in [0.29, 0.717) is 6.61 Å². The molecule has 1 aromatic carbocycles. The Morgan fingerprint density at radius 1 is 1.44 bits per heavy atom. The number of hydrogen-bond acceptors (Lipinski definition) is 2. The van der Waals surface area contributed by atoms with Crippen LogP contribution in [0.3, 0.4) is 0 Å². The molecule has 3 nitrogen and oxygen atoms in total. The van der Waals surface area contributed by atoms with E-state index in [1.165, 1.54) is 0 Å². The molecule has 0 atom stereocenters. The van der Waals surface area contributed by atoms with Crippen LogP contribution in [0.4, 0.5) is 5.69 Å². The van der Waals surface area contributed by atoms with Crippen molar-refractivity contribution in [1.82, 2.24) is 0 Å². The van der Waals surface area contributed by atoms with Crippen molar-refractivity contribution in [3.63, 3.8) is 0 Å². The minimum Gasteiger partial charge on any atom is -0.372 e. The summed E-state index contributed by atoms with van der Waals surface area (Å²) in [6.45, 7) is 4.72. The number of anilines is 1. The van der Waals surface area contributed by atoms with Gasteiger partial charge < -0.3 is 10.1 Å². The Balaban J connectivity index is 2.49. The summed E-state index contributed by atoms with van der Waals surface area (Å²) in [5.41, 5.74) is 1.89. The van der Waals surface area contributed by atoms with Crippen molar-refractivity contribution in [2.24, 2.45) is 0 Å². The summed E-state index contributed by atoms with van der Waals surface area (Å²) in [6.07, 6.45) is 0.920. The first-order valence-electron chi connectivity index (χ1n) is 5.26. The molecule has 0 spiro atoms. The van der Waals surface area contributed by atoms with Gasteiger partial charge in [-0.3, -0.25) is 4.79 Å². The average molecular weight is 286 g/mol. The molecule has 0 aliphatic heterocycles. The summed E-state index contributed by atoms with van der Waals surface area (Å²) in [5, 5.41) is 2.79. The van der Waals surface area contributed by atoms with E-state index in [4.69, 9.17) is 4.74 Å². The fourth-order valence-electron chi connectivity index (χ4n) is 1.31. The quantitative estimate of drug-likeness (QED) is 0.844. The van der Waals surface area contributed by atoms with E-state index < -0.39 is 0 Å². The van der Waals surface area contributed by atoms with E-state index in [1.54, 1.807) is 0 Å². The maximum Gasteiger partial charge on any atom is 0.250 e. The van der Waals surface area contributed by atoms with Gasteiger partial charge in [0, 0.05) is 16.8 Å². The molecule has 1 N–H and O–H groups in total. The number of halogens is 1. The van der Waals surface area contributed by atoms with Gasteiger partial charge in [0.05, 0.1) is 0 Å². The largest absolute Gasteiger partial charge is 0.372 e. The Morgan fingerprint density at radius 2 is 2.19 bits per heavy atom. The van der Waals surface area contributed by atoms with Crippen molar-refractivity contribution in [2.45, 2.75) is 20.3 Å². The summed E-state index contributed by atoms with van der Waals surface area (Å²) in [6, 6.07) is 5.77. The highest BCUT2D eigenvalue weighted by molar-refractivity contribution is 9.10. The van der Waals surface area contributed by atoms with Crippen LogP contribution in [0.5, 0.6) is 0 Å². The number of aryl methyl sites for hydroxylation is 1. The SMILES string of the molecule is CCCOCC(=O)Nc1cc(C)cc(Br)c1. The maximum atomic E-state index is 11.5. The first kappa shape index (κ1) is 13.2. The molecule has 0 unspecified atom stereocenters. The summed E-state index contributed by atoms with van der Waals surface area (Å²) in [4.78, 5) is 11.5. The van der Waals surface area contributed by atoms with Crippen LogP contribution in [0, 0.1) is 6.92 Å². The van der Waals surface area contributed by atoms with Gasteiger partial charge in [0.25, 0.3) is 0 Å². The number of carbonyl (C=O) groups is 1. The summed E-state index contributed by atoms with van der Waals surface area (Å²) in [7, 11) is 0. The molecule has 0 saturated heterocycles. The van der Waals surface area contributed by atoms with Gasteiger partial charge in [0.1, 0.15) is 6.61 Å². The molecule has 0 aliphatic carbocycles. The van der Waals surface area contributed by atoms with E-state index in [2.05, 4.69) is 21.2 Å². The van der Waals surface area contributed by atoms with Crippen molar-refractivity contribution >= 4 is 27.5 Å². The van der Waals surface area contributed by atoms with Crippen LogP contribution in [-0.4, -0.2) is 19.1 Å². The Labute approximate surface area is 104 Å². The van der Waals surface area contributed by atoms with Gasteiger partial charge in [-0.05, 0) is 37.1 Å². The lowest BCUT2D eigenvalue weighted by molar-refractivity contribution is -0.120. The van der Waals surface area contributed by atoms with Gasteiger partial charge >= 0.3 is 0 Å². The van der Waals surface area contributed by atoms with Crippen molar-refractivity contribution in [3.05, 3.63) is 28.2 Å². The van der Waals surface area contributed by atoms with Crippen molar-refractivity contribution < 1.29 is 9.53 Å². The molecule has 0 saturated carbocycles. The van der Waals surface area contributed by atoms with Gasteiger partial charge in [0.15, 0.2) is 0 Å². The predicted molar refractivity (Wildman–Crippen MR) is 68.6 cm³/mol. The molecule has 4 heteroatoms. The van der Waals surface area contributed by atoms with Crippen LogP contribution >= 0.6 is 15.9 Å². The molecule has 0 fully saturated rings. The maximum absolute atomic E-state index is 11.5. The Kier molecular flexibility index (Phi) is 5.49. The number of amides is 1. The fourth-order valence-corrected chi connectivity index (χ4v) is 1.92. The highest BCUT2D eigenvalue weighted by atomic mass is 79.9. The average Bonchev–Trinajstić information content (AvgIpc) is 2.16. The molecule has 0 aliphatic rings. The smallest absolute Gasteiger partial charge is 0.250 e. The minimum absolute atomic E-state index is 0.111. The van der Waals surface area contributed by atoms with Gasteiger partial charge in [-0.1, -0.05) is 22.9 Å². The Bertz CT molecular complexity index is 346. The van der Waals surface area contributed by atoms with E-state index in [1.807, 2.05) is 32.0 Å². The normalized spacial score (nSPS) is 10.2. The first-order valence-corrected chi connectivity index (χ1v) is 6.06. The van der Waals surface area contributed by atoms with Crippen LogP contribution in [0.25, 0.3) is 0 Å². The molecule has 1 rings (SSSR count). The molecule has 1 amide bonds. The van der Waals surface area contributed by atoms with Crippen molar-refractivity contribution in [3.8, 4) is 0 Å². The second-order valence-corrected chi connectivity index (χ2v) is 4.53. The number of carbonyl (C=O) groups excluding carboxylic acids is 1. The summed E-state index contributed by atoms with van der Waals surface area (Å²) < 4.78 is 6.11. The number of ether oxygens (including phenoxy) is 1. The zero-order chi connectivity index (χ0) is 12.0. The summed E-state index contributed by atoms with van der Waals surface area (Å²) in [5.74, 6) is -0.119. The Morgan fingerprint density at radius 3 is 2.81 bits per heavy atom. The van der Waals surface area contributed by atoms with Gasteiger partial charge in [0.2, 0.25) is 5.91 Å². The molecule has 1 aromatic rings. The van der Waals surface area contributed by atoms with Gasteiger partial charge in [-0.15, -0.1) is 0 Å². The molecule has 0 radical (unpaired) electrons. The first-order chi connectivity index (χ1) is 7.61. The predicted octanol–water partition coefficient (Wildman–Crippen LogP) is 3.12. The molecule has 0 aromatic heterocycles. The zero-order valence-electron chi connectivity index (χ0n) is 9.55. The lowest BCUT2D eigenvalue weighted by atomic mass is 10.2. The van der Waals surface area contributed by atoms with Gasteiger partial charge in [-0.2, -0.15) is 0 Å². The topological polar surface area (TPSA) is 38.3 Å². The number of nitrogens with one attached hydrogen (secondary N) is 1. The second kappa shape index (κ2) is 6.66. The van der Waals surface area contributed by atoms with Crippen LogP contribution in [0.1, 0.15) is 18.9 Å². The van der Waals surface area contributed by atoms with Crippen LogP contribution in [0.2, 0.25) is 0 Å². The summed E-state index contributed by atoms with van der Waals surface area (Å²) >= 11 is 3.38. The Hall–Kier alpha value is -0.870. The van der Waals surface area contributed by atoms with E-state index >= 15 is 0 Å². The minimum atomic E-state index is -0.119. The molecule has 0 heterocycles. The van der Waals surface area contributed by atoms with Crippen LogP contribution in [-0.2, 0) is 9.53 Å². The lowest BCUT2D eigenvalue weighted by Gasteiger charge is -2.07. The molecule has 0 bridgehead atoms. The lowest BCUT2D eigenvalue weighted by Crippen LogP contribution is -2.18. The third-order valence-corrected chi connectivity index (χ3v) is 2.37. The third-order valence-electron chi connectivity index (χ3n) is 1.91.